The number of primary amides is 1. The Morgan fingerprint density at radius 1 is 1.26 bits per heavy atom. The Morgan fingerprint density at radius 2 is 2.02 bits per heavy atom. The van der Waals surface area contributed by atoms with Gasteiger partial charge in [-0.05, 0) is 81.6 Å². The van der Waals surface area contributed by atoms with Crippen molar-refractivity contribution in [3.05, 3.63) is 53.6 Å². The van der Waals surface area contributed by atoms with Gasteiger partial charge in [-0.3, -0.25) is 14.6 Å². The Balaban J connectivity index is 1.03. The van der Waals surface area contributed by atoms with Crippen LogP contribution >= 0.6 is 0 Å². The second-order valence-corrected chi connectivity index (χ2v) is 14.0. The van der Waals surface area contributed by atoms with Crippen molar-refractivity contribution in [2.24, 2.45) is 33.5 Å². The topological polar surface area (TPSA) is 132 Å². The summed E-state index contributed by atoms with van der Waals surface area (Å²) in [5, 5.41) is 10.8. The average molecular weight is 587 g/mol. The Morgan fingerprint density at radius 3 is 2.72 bits per heavy atom. The molecule has 2 aromatic rings. The summed E-state index contributed by atoms with van der Waals surface area (Å²) in [5.74, 6) is 1.32. The van der Waals surface area contributed by atoms with Crippen LogP contribution in [-0.4, -0.2) is 57.8 Å². The zero-order valence-electron chi connectivity index (χ0n) is 25.7. The molecule has 228 valence electrons. The zero-order chi connectivity index (χ0) is 30.5. The number of allylic oxidation sites excluding steroid dienone is 2. The van der Waals surface area contributed by atoms with Crippen molar-refractivity contribution in [2.45, 2.75) is 84.9 Å². The predicted octanol–water partition coefficient (Wildman–Crippen LogP) is 4.71. The molecule has 3 unspecified atom stereocenters. The summed E-state index contributed by atoms with van der Waals surface area (Å²) < 4.78 is 12.3. The molecule has 0 saturated heterocycles. The third kappa shape index (κ3) is 5.96. The number of pyridine rings is 2. The normalized spacial score (nSPS) is 27.1. The first-order chi connectivity index (χ1) is 20.4. The molecule has 4 heterocycles. The van der Waals surface area contributed by atoms with Crippen LogP contribution in [0.5, 0.6) is 5.88 Å². The molecule has 0 radical (unpaired) electrons. The summed E-state index contributed by atoms with van der Waals surface area (Å²) >= 11 is 0. The Labute approximate surface area is 252 Å². The maximum Gasteiger partial charge on any atom is 0.254 e. The average Bonchev–Trinajstić information content (AvgIpc) is 3.71. The van der Waals surface area contributed by atoms with E-state index in [1.54, 1.807) is 24.5 Å². The molecular formula is C33H42N6O4. The molecule has 3 N–H and O–H groups in total. The molecule has 2 fully saturated rings. The summed E-state index contributed by atoms with van der Waals surface area (Å²) in [6.45, 7) is 11.0. The van der Waals surface area contributed by atoms with Gasteiger partial charge in [-0.1, -0.05) is 26.8 Å². The predicted molar refractivity (Wildman–Crippen MR) is 164 cm³/mol. The summed E-state index contributed by atoms with van der Waals surface area (Å²) in [4.78, 5) is 34.4. The Bertz CT molecular complexity index is 1520. The van der Waals surface area contributed by atoms with E-state index in [9.17, 15) is 9.59 Å². The number of nitrogens with zero attached hydrogens (tertiary/aromatic N) is 4. The third-order valence-electron chi connectivity index (χ3n) is 8.74. The number of rotatable bonds is 10. The molecule has 0 spiro atoms. The number of carbonyl (C=O) groups is 2. The number of hydrogen-bond acceptors (Lipinski definition) is 8. The van der Waals surface area contributed by atoms with E-state index in [-0.39, 0.29) is 41.0 Å². The zero-order valence-corrected chi connectivity index (χ0v) is 25.7. The molecule has 0 bridgehead atoms. The van der Waals surface area contributed by atoms with Gasteiger partial charge >= 0.3 is 0 Å². The molecule has 2 saturated carbocycles. The molecule has 2 aliphatic heterocycles. The largest absolute Gasteiger partial charge is 0.491 e. The first kappa shape index (κ1) is 29.1. The van der Waals surface area contributed by atoms with E-state index in [2.05, 4.69) is 42.1 Å². The van der Waals surface area contributed by atoms with E-state index in [1.165, 1.54) is 0 Å². The molecule has 10 heteroatoms. The summed E-state index contributed by atoms with van der Waals surface area (Å²) in [5.41, 5.74) is 6.75. The van der Waals surface area contributed by atoms with Gasteiger partial charge in [0.25, 0.3) is 5.91 Å². The summed E-state index contributed by atoms with van der Waals surface area (Å²) in [6, 6.07) is 5.23. The first-order valence-corrected chi connectivity index (χ1v) is 15.3. The number of hydrogen-bond donors (Lipinski definition) is 2. The molecule has 3 atom stereocenters. The fourth-order valence-electron chi connectivity index (χ4n) is 6.16. The molecular weight excluding hydrogens is 544 g/mol. The highest BCUT2D eigenvalue weighted by atomic mass is 16.5. The number of nitrogens with one attached hydrogen (secondary N) is 1. The Hall–Kier alpha value is -3.95. The number of fused-ring (bicyclic) bond motifs is 2. The van der Waals surface area contributed by atoms with Crippen molar-refractivity contribution < 1.29 is 19.1 Å². The smallest absolute Gasteiger partial charge is 0.254 e. The number of aromatic nitrogens is 2. The lowest BCUT2D eigenvalue weighted by Crippen LogP contribution is -2.54. The highest BCUT2D eigenvalue weighted by molar-refractivity contribution is 6.00. The first-order valence-electron chi connectivity index (χ1n) is 15.3. The molecule has 2 aromatic heterocycles. The van der Waals surface area contributed by atoms with Crippen LogP contribution in [-0.2, 0) is 9.53 Å². The highest BCUT2D eigenvalue weighted by Gasteiger charge is 2.51. The minimum atomic E-state index is -0.769. The molecule has 6 rings (SSSR count). The van der Waals surface area contributed by atoms with Gasteiger partial charge in [0.15, 0.2) is 5.65 Å². The number of ether oxygens (including phenoxy) is 2. The lowest BCUT2D eigenvalue weighted by Gasteiger charge is -2.40. The second kappa shape index (κ2) is 11.0. The van der Waals surface area contributed by atoms with E-state index in [4.69, 9.17) is 20.3 Å². The molecule has 0 aromatic carbocycles. The van der Waals surface area contributed by atoms with E-state index in [0.29, 0.717) is 24.1 Å². The van der Waals surface area contributed by atoms with Gasteiger partial charge in [-0.2, -0.15) is 10.1 Å². The number of hydrazone groups is 1. The lowest BCUT2D eigenvalue weighted by atomic mass is 9.75. The lowest BCUT2D eigenvalue weighted by molar-refractivity contribution is -0.129. The van der Waals surface area contributed by atoms with Crippen LogP contribution in [0.25, 0.3) is 11.0 Å². The van der Waals surface area contributed by atoms with E-state index in [0.717, 1.165) is 48.9 Å². The van der Waals surface area contributed by atoms with Crippen molar-refractivity contribution >= 4 is 29.1 Å². The molecule has 2 amide bonds. The van der Waals surface area contributed by atoms with Crippen molar-refractivity contribution in [1.29, 1.82) is 0 Å². The maximum absolute atomic E-state index is 13.6. The molecule has 2 aliphatic carbocycles. The second-order valence-electron chi connectivity index (χ2n) is 14.0. The van der Waals surface area contributed by atoms with Crippen molar-refractivity contribution in [2.75, 3.05) is 6.61 Å². The van der Waals surface area contributed by atoms with Crippen LogP contribution in [0, 0.1) is 22.7 Å². The van der Waals surface area contributed by atoms with Crippen molar-refractivity contribution in [3.63, 3.8) is 0 Å². The molecule has 4 aliphatic rings. The van der Waals surface area contributed by atoms with Crippen LogP contribution in [0.4, 0.5) is 0 Å². The minimum Gasteiger partial charge on any atom is -0.491 e. The van der Waals surface area contributed by atoms with Crippen LogP contribution in [0.15, 0.2) is 53.1 Å². The van der Waals surface area contributed by atoms with Gasteiger partial charge in [0.05, 0.1) is 24.4 Å². The van der Waals surface area contributed by atoms with Crippen molar-refractivity contribution in [3.8, 4) is 5.88 Å². The highest BCUT2D eigenvalue weighted by Crippen LogP contribution is 2.47. The number of nitrogens with two attached hydrogens (primary N) is 1. The fourth-order valence-corrected chi connectivity index (χ4v) is 6.16. The summed E-state index contributed by atoms with van der Waals surface area (Å²) in [7, 11) is 0. The van der Waals surface area contributed by atoms with E-state index >= 15 is 0 Å². The van der Waals surface area contributed by atoms with Crippen molar-refractivity contribution in [1.82, 2.24) is 20.3 Å². The summed E-state index contributed by atoms with van der Waals surface area (Å²) in [6.07, 6.45) is 12.1. The third-order valence-corrected chi connectivity index (χ3v) is 8.74. The molecule has 43 heavy (non-hydrogen) atoms. The maximum atomic E-state index is 13.6. The minimum absolute atomic E-state index is 0.00526. The number of amides is 2. The van der Waals surface area contributed by atoms with Crippen LogP contribution in [0.3, 0.4) is 0 Å². The monoisotopic (exact) mass is 586 g/mol. The Kier molecular flexibility index (Phi) is 7.42. The van der Waals surface area contributed by atoms with E-state index in [1.807, 2.05) is 31.0 Å². The van der Waals surface area contributed by atoms with Crippen LogP contribution in [0.2, 0.25) is 0 Å². The SMILES string of the molecule is CC(CC1CC(NC(=O)C2(C)C=NN3C(C4CC4)=C(OCC(C)(C)C)C=CC32)C1)Oc1nc2ncccc2cc1C(N)=O. The van der Waals surface area contributed by atoms with Gasteiger partial charge in [0.1, 0.15) is 16.7 Å². The number of carbonyl (C=O) groups excluding carboxylic acids is 2. The van der Waals surface area contributed by atoms with Gasteiger partial charge in [-0.15, -0.1) is 0 Å². The molecule has 10 nitrogen and oxygen atoms in total. The van der Waals surface area contributed by atoms with Gasteiger partial charge in [-0.25, -0.2) is 4.98 Å². The standard InChI is InChI=1S/C33H42N6O4/c1-19(43-30-24(28(34)40)16-22-7-6-12-35-29(22)38-30)13-20-14-23(15-20)37-31(41)33(5)17-36-39-26(33)11-10-25(27(39)21-8-9-21)42-18-32(2,3)4/h6-7,10-12,16-17,19-21,23,26H,8-9,13-15,18H2,1-5H3,(H2,34,40)(H,37,41). The van der Waals surface area contributed by atoms with Gasteiger partial charge < -0.3 is 20.5 Å². The quantitative estimate of drug-likeness (QED) is 0.412. The van der Waals surface area contributed by atoms with Gasteiger partial charge in [0, 0.05) is 29.8 Å². The van der Waals surface area contributed by atoms with Gasteiger partial charge in [0.2, 0.25) is 11.8 Å². The van der Waals surface area contributed by atoms with E-state index < -0.39 is 11.3 Å². The fraction of sp³-hybridized carbons (Fsp3) is 0.545. The van der Waals surface area contributed by atoms with Crippen LogP contribution < -0.4 is 15.8 Å². The van der Waals surface area contributed by atoms with Crippen LogP contribution in [0.1, 0.15) is 77.1 Å².